The second-order valence-corrected chi connectivity index (χ2v) is 10.4. The zero-order valence-corrected chi connectivity index (χ0v) is 17.3. The molecule has 31 heavy (non-hydrogen) atoms. The van der Waals surface area contributed by atoms with Gasteiger partial charge in [0.25, 0.3) is 5.91 Å². The van der Waals surface area contributed by atoms with Crippen LogP contribution in [0.2, 0.25) is 0 Å². The molecule has 168 valence electrons. The lowest BCUT2D eigenvalue weighted by atomic mass is 9.58. The largest absolute Gasteiger partial charge is 0.390 e. The number of carbonyl (C=O) groups is 1. The van der Waals surface area contributed by atoms with E-state index in [-0.39, 0.29) is 16.7 Å². The number of nitrogens with zero attached hydrogens (tertiary/aromatic N) is 1. The molecule has 0 radical (unpaired) electrons. The average molecular weight is 459 g/mol. The van der Waals surface area contributed by atoms with Gasteiger partial charge in [-0.1, -0.05) is 0 Å². The number of benzene rings is 1. The molecule has 4 rings (SSSR count). The van der Waals surface area contributed by atoms with Gasteiger partial charge < -0.3 is 10.0 Å². The van der Waals surface area contributed by atoms with E-state index in [1.54, 1.807) is 0 Å². The maximum atomic E-state index is 13.8. The maximum Gasteiger partial charge on any atom is 0.390 e. The molecule has 1 atom stereocenters. The van der Waals surface area contributed by atoms with Gasteiger partial charge in [0, 0.05) is 5.54 Å². The molecule has 0 saturated heterocycles. The number of amides is 1. The van der Waals surface area contributed by atoms with Crippen LogP contribution in [-0.2, 0) is 14.5 Å². The number of nitrogens with one attached hydrogen (secondary N) is 2. The molecule has 0 heterocycles. The number of hydrogen-bond donors (Lipinski definition) is 2. The summed E-state index contributed by atoms with van der Waals surface area (Å²) in [6.07, 6.45) is -2.43. The van der Waals surface area contributed by atoms with Crippen molar-refractivity contribution >= 4 is 26.5 Å². The molecule has 1 aromatic rings. The molecule has 2 N–H and O–H groups in total. The summed E-state index contributed by atoms with van der Waals surface area (Å²) < 4.78 is 65.9. The van der Waals surface area contributed by atoms with E-state index in [0.717, 1.165) is 23.4 Å². The van der Waals surface area contributed by atoms with Crippen molar-refractivity contribution in [1.82, 2.24) is 5.32 Å². The molecule has 1 unspecified atom stereocenters. The van der Waals surface area contributed by atoms with Crippen LogP contribution in [0.5, 0.6) is 0 Å². The minimum absolute atomic E-state index is 0.145. The molecular formula is C20H21F4N3O3S. The van der Waals surface area contributed by atoms with Crippen LogP contribution in [0.3, 0.4) is 0 Å². The minimum atomic E-state index is -4.65. The Labute approximate surface area is 177 Å². The summed E-state index contributed by atoms with van der Waals surface area (Å²) >= 11 is 0. The van der Waals surface area contributed by atoms with Crippen LogP contribution in [0.4, 0.5) is 23.2 Å². The van der Waals surface area contributed by atoms with Crippen molar-refractivity contribution in [3.8, 4) is 6.07 Å². The van der Waals surface area contributed by atoms with Crippen molar-refractivity contribution < 1.29 is 31.4 Å². The lowest BCUT2D eigenvalue weighted by molar-refractivity contribution is -0.129. The molecule has 11 heteroatoms. The van der Waals surface area contributed by atoms with Crippen LogP contribution in [0.25, 0.3) is 0 Å². The van der Waals surface area contributed by atoms with E-state index in [1.165, 1.54) is 0 Å². The van der Waals surface area contributed by atoms with Gasteiger partial charge in [-0.2, -0.15) is 18.4 Å². The molecule has 3 aliphatic carbocycles. The van der Waals surface area contributed by atoms with E-state index in [2.05, 4.69) is 16.1 Å². The molecule has 3 aliphatic rings. The standard InChI is InChI=1S/C20H21F4N3O3S/c21-14-1-2-15(16(11-14)27-31(30,13-28)10-9-20(22,23)24)17(29)26-19-6-3-18(12-25,4-7-19)5-8-19/h1-2,11H,3-10H2,(H,26,29)(H,27,30). The first-order valence-corrected chi connectivity index (χ1v) is 11.4. The molecule has 3 saturated carbocycles. The summed E-state index contributed by atoms with van der Waals surface area (Å²) in [4.78, 5) is 24.1. The highest BCUT2D eigenvalue weighted by molar-refractivity contribution is 8.01. The maximum absolute atomic E-state index is 13.8. The van der Waals surface area contributed by atoms with Crippen molar-refractivity contribution in [1.29, 1.82) is 5.26 Å². The summed E-state index contributed by atoms with van der Waals surface area (Å²) in [5.41, 5.74) is -1.38. The molecule has 6 nitrogen and oxygen atoms in total. The monoisotopic (exact) mass is 459 g/mol. The van der Waals surface area contributed by atoms with E-state index in [9.17, 15) is 36.6 Å². The van der Waals surface area contributed by atoms with E-state index in [1.807, 2.05) is 0 Å². The van der Waals surface area contributed by atoms with Crippen LogP contribution in [0.15, 0.2) is 18.2 Å². The Bertz CT molecular complexity index is 1040. The van der Waals surface area contributed by atoms with E-state index in [4.69, 9.17) is 0 Å². The SMILES string of the molecule is N#CC12CCC(NC(=O)c3ccc(F)cc3NS(=O)(=C=O)CCC(F)(F)F)(CC1)CC2. The van der Waals surface area contributed by atoms with E-state index < -0.39 is 45.3 Å². The van der Waals surface area contributed by atoms with E-state index in [0.29, 0.717) is 38.5 Å². The van der Waals surface area contributed by atoms with Gasteiger partial charge >= 0.3 is 6.18 Å². The Hall–Kier alpha value is -2.57. The Morgan fingerprint density at radius 2 is 1.77 bits per heavy atom. The second kappa shape index (κ2) is 8.17. The molecule has 1 amide bonds. The zero-order chi connectivity index (χ0) is 22.9. The fourth-order valence-corrected chi connectivity index (χ4v) is 5.47. The Balaban J connectivity index is 1.82. The number of halogens is 4. The lowest BCUT2D eigenvalue weighted by Gasteiger charge is -2.50. The van der Waals surface area contributed by atoms with E-state index >= 15 is 0 Å². The number of anilines is 1. The van der Waals surface area contributed by atoms with Crippen LogP contribution >= 0.6 is 0 Å². The fraction of sp³-hybridized carbons (Fsp3) is 0.550. The summed E-state index contributed by atoms with van der Waals surface area (Å²) in [6, 6.07) is 5.27. The van der Waals surface area contributed by atoms with Crippen LogP contribution in [0.1, 0.15) is 55.3 Å². The quantitative estimate of drug-likeness (QED) is 0.499. The third-order valence-corrected chi connectivity index (χ3v) is 7.77. The molecule has 3 fully saturated rings. The van der Waals surface area contributed by atoms with Crippen molar-refractivity contribution in [2.45, 2.75) is 56.7 Å². The molecule has 2 bridgehead atoms. The second-order valence-electron chi connectivity index (χ2n) is 8.25. The first-order valence-electron chi connectivity index (χ1n) is 9.71. The number of nitriles is 1. The first kappa shape index (κ1) is 23.1. The molecular weight excluding hydrogens is 438 g/mol. The number of rotatable bonds is 6. The Morgan fingerprint density at radius 1 is 1.16 bits per heavy atom. The summed E-state index contributed by atoms with van der Waals surface area (Å²) in [6.45, 7) is 0. The number of carbonyl (C=O) groups excluding carboxylic acids is 2. The van der Waals surface area contributed by atoms with Gasteiger partial charge in [-0.25, -0.2) is 13.4 Å². The Kier molecular flexibility index (Phi) is 6.09. The topological polar surface area (TPSA) is 99.1 Å². The number of alkyl halides is 3. The Morgan fingerprint density at radius 3 is 2.29 bits per heavy atom. The van der Waals surface area contributed by atoms with Gasteiger partial charge in [-0.05, 0) is 56.7 Å². The number of hydrogen-bond acceptors (Lipinski definition) is 4. The summed E-state index contributed by atoms with van der Waals surface area (Å²) in [5, 5.41) is 13.4. The van der Waals surface area contributed by atoms with Gasteiger partial charge in [0.15, 0.2) is 0 Å². The zero-order valence-electron chi connectivity index (χ0n) is 16.5. The predicted molar refractivity (Wildman–Crippen MR) is 105 cm³/mol. The van der Waals surface area contributed by atoms with Gasteiger partial charge in [-0.3, -0.25) is 4.79 Å². The molecule has 1 aromatic carbocycles. The van der Waals surface area contributed by atoms with Gasteiger partial charge in [-0.15, -0.1) is 0 Å². The minimum Gasteiger partial charge on any atom is -0.347 e. The van der Waals surface area contributed by atoms with Crippen LogP contribution in [0, 0.1) is 22.6 Å². The summed E-state index contributed by atoms with van der Waals surface area (Å²) in [5.74, 6) is -2.54. The highest BCUT2D eigenvalue weighted by Crippen LogP contribution is 2.52. The van der Waals surface area contributed by atoms with Gasteiger partial charge in [0.2, 0.25) is 5.23 Å². The average Bonchev–Trinajstić information content (AvgIpc) is 2.73. The predicted octanol–water partition coefficient (Wildman–Crippen LogP) is 3.80. The highest BCUT2D eigenvalue weighted by Gasteiger charge is 2.49. The van der Waals surface area contributed by atoms with Crippen molar-refractivity contribution in [3.05, 3.63) is 29.6 Å². The van der Waals surface area contributed by atoms with Crippen molar-refractivity contribution in [2.24, 2.45) is 5.41 Å². The van der Waals surface area contributed by atoms with Crippen LogP contribution in [-0.4, -0.2) is 32.8 Å². The van der Waals surface area contributed by atoms with Crippen molar-refractivity contribution in [3.63, 3.8) is 0 Å². The molecule has 0 aromatic heterocycles. The first-order chi connectivity index (χ1) is 14.4. The molecule has 0 aliphatic heterocycles. The van der Waals surface area contributed by atoms with Crippen LogP contribution < -0.4 is 10.0 Å². The number of fused-ring (bicyclic) bond motifs is 3. The third kappa shape index (κ3) is 5.20. The summed E-state index contributed by atoms with van der Waals surface area (Å²) in [7, 11) is -4.00. The third-order valence-electron chi connectivity index (χ3n) is 6.17. The smallest absolute Gasteiger partial charge is 0.347 e. The molecule has 0 spiro atoms. The van der Waals surface area contributed by atoms with Crippen molar-refractivity contribution in [2.75, 3.05) is 10.5 Å². The van der Waals surface area contributed by atoms with Gasteiger partial charge in [0.05, 0.1) is 34.9 Å². The fourth-order valence-electron chi connectivity index (χ4n) is 4.20. The highest BCUT2D eigenvalue weighted by atomic mass is 32.2. The lowest BCUT2D eigenvalue weighted by Crippen LogP contribution is -2.56. The van der Waals surface area contributed by atoms with Gasteiger partial charge in [0.1, 0.15) is 15.5 Å². The normalized spacial score (nSPS) is 26.9.